The van der Waals surface area contributed by atoms with Crippen LogP contribution in [-0.2, 0) is 0 Å². The molecule has 2 aromatic carbocycles. The second-order valence-corrected chi connectivity index (χ2v) is 4.91. The van der Waals surface area contributed by atoms with E-state index in [-0.39, 0.29) is 0 Å². The summed E-state index contributed by atoms with van der Waals surface area (Å²) in [6.45, 7) is 0.438. The molecule has 0 N–H and O–H groups in total. The first-order valence-corrected chi connectivity index (χ1v) is 7.31. The number of hydrogen-bond donors (Lipinski definition) is 0. The van der Waals surface area contributed by atoms with E-state index in [9.17, 15) is 0 Å². The fourth-order valence-corrected chi connectivity index (χ4v) is 2.21. The Balaban J connectivity index is 2.03. The molecule has 0 fully saturated rings. The number of para-hydroxylation sites is 1. The molecular weight excluding hydrogens is 284 g/mol. The number of benzene rings is 2. The quantitative estimate of drug-likeness (QED) is 0.661. The van der Waals surface area contributed by atoms with Crippen LogP contribution in [0, 0.1) is 0 Å². The number of rotatable bonds is 5. The second-order valence-electron chi connectivity index (χ2n) is 4.53. The van der Waals surface area contributed by atoms with Gasteiger partial charge in [0.15, 0.2) is 0 Å². The third-order valence-electron chi connectivity index (χ3n) is 3.10. The number of alkyl halides is 1. The number of ether oxygens (including phenoxy) is 1. The Kier molecular flexibility index (Phi) is 4.22. The first kappa shape index (κ1) is 13.7. The summed E-state index contributed by atoms with van der Waals surface area (Å²) in [6.07, 6.45) is 1.98. The molecule has 0 bridgehead atoms. The average molecular weight is 299 g/mol. The molecule has 0 saturated carbocycles. The lowest BCUT2D eigenvalue weighted by Crippen LogP contribution is -2.00. The summed E-state index contributed by atoms with van der Waals surface area (Å²) in [7, 11) is 0. The Morgan fingerprint density at radius 3 is 2.29 bits per heavy atom. The van der Waals surface area contributed by atoms with Crippen LogP contribution in [0.5, 0.6) is 5.88 Å². The van der Waals surface area contributed by atoms with Gasteiger partial charge in [-0.2, -0.15) is 0 Å². The van der Waals surface area contributed by atoms with Gasteiger partial charge in [-0.25, -0.2) is 4.68 Å². The van der Waals surface area contributed by atoms with Gasteiger partial charge in [-0.1, -0.05) is 48.5 Å². The van der Waals surface area contributed by atoms with Gasteiger partial charge in [0.2, 0.25) is 5.88 Å². The zero-order valence-electron chi connectivity index (χ0n) is 11.4. The van der Waals surface area contributed by atoms with E-state index < -0.39 is 0 Å². The van der Waals surface area contributed by atoms with Crippen LogP contribution in [0.3, 0.4) is 0 Å². The molecular formula is C17H15ClN2O. The molecule has 1 heterocycles. The molecule has 3 rings (SSSR count). The van der Waals surface area contributed by atoms with Crippen LogP contribution in [0.25, 0.3) is 16.8 Å². The van der Waals surface area contributed by atoms with Crippen molar-refractivity contribution >= 4 is 11.6 Å². The van der Waals surface area contributed by atoms with Gasteiger partial charge in [0, 0.05) is 6.20 Å². The van der Waals surface area contributed by atoms with E-state index in [0.717, 1.165) is 16.8 Å². The van der Waals surface area contributed by atoms with Gasteiger partial charge in [0.05, 0.1) is 17.1 Å². The van der Waals surface area contributed by atoms with E-state index >= 15 is 0 Å². The van der Waals surface area contributed by atoms with Crippen molar-refractivity contribution < 1.29 is 4.74 Å². The van der Waals surface area contributed by atoms with Crippen molar-refractivity contribution in [2.24, 2.45) is 0 Å². The summed E-state index contributed by atoms with van der Waals surface area (Å²) >= 11 is 5.71. The Morgan fingerprint density at radius 2 is 1.62 bits per heavy atom. The Hall–Kier alpha value is -2.26. The molecule has 0 amide bonds. The van der Waals surface area contributed by atoms with E-state index in [1.54, 1.807) is 0 Å². The summed E-state index contributed by atoms with van der Waals surface area (Å²) in [5.74, 6) is 1.04. The minimum atomic E-state index is 0.437. The number of halogens is 1. The van der Waals surface area contributed by atoms with E-state index in [2.05, 4.69) is 5.10 Å². The number of hydrogen-bond acceptors (Lipinski definition) is 2. The molecule has 3 aromatic rings. The smallest absolute Gasteiger partial charge is 0.241 e. The lowest BCUT2D eigenvalue weighted by atomic mass is 10.1. The van der Waals surface area contributed by atoms with Gasteiger partial charge in [-0.3, -0.25) is 0 Å². The molecule has 21 heavy (non-hydrogen) atoms. The van der Waals surface area contributed by atoms with Crippen LogP contribution in [0.2, 0.25) is 0 Å². The first-order valence-electron chi connectivity index (χ1n) is 6.78. The zero-order chi connectivity index (χ0) is 14.5. The molecule has 0 aliphatic carbocycles. The van der Waals surface area contributed by atoms with Crippen molar-refractivity contribution in [2.75, 3.05) is 12.5 Å². The predicted octanol–water partition coefficient (Wildman–Crippen LogP) is 4.16. The van der Waals surface area contributed by atoms with Crippen LogP contribution in [0.15, 0.2) is 66.9 Å². The standard InChI is InChI=1S/C17H15ClN2O/c18-11-12-21-17-16(14-7-3-1-4-8-14)13-20(19-17)15-9-5-2-6-10-15/h1-10,13H,11-12H2. The Labute approximate surface area is 128 Å². The molecule has 0 saturated heterocycles. The second kappa shape index (κ2) is 6.46. The highest BCUT2D eigenvalue weighted by Crippen LogP contribution is 2.29. The monoisotopic (exact) mass is 298 g/mol. The van der Waals surface area contributed by atoms with Crippen molar-refractivity contribution in [3.05, 3.63) is 66.9 Å². The largest absolute Gasteiger partial charge is 0.475 e. The third kappa shape index (κ3) is 3.09. The molecule has 0 radical (unpaired) electrons. The van der Waals surface area contributed by atoms with Crippen molar-refractivity contribution in [2.45, 2.75) is 0 Å². The predicted molar refractivity (Wildman–Crippen MR) is 85.2 cm³/mol. The van der Waals surface area contributed by atoms with Crippen LogP contribution in [0.4, 0.5) is 0 Å². The number of nitrogens with zero attached hydrogens (tertiary/aromatic N) is 2. The maximum atomic E-state index is 5.71. The molecule has 4 heteroatoms. The Bertz CT molecular complexity index is 695. The molecule has 0 spiro atoms. The summed E-state index contributed by atoms with van der Waals surface area (Å²) in [5.41, 5.74) is 3.03. The lowest BCUT2D eigenvalue weighted by molar-refractivity contribution is 0.328. The van der Waals surface area contributed by atoms with Gasteiger partial charge in [0.1, 0.15) is 6.61 Å². The molecule has 0 atom stereocenters. The van der Waals surface area contributed by atoms with Gasteiger partial charge in [0.25, 0.3) is 0 Å². The SMILES string of the molecule is ClCCOc1nn(-c2ccccc2)cc1-c1ccccc1. The van der Waals surface area contributed by atoms with Crippen LogP contribution in [0.1, 0.15) is 0 Å². The topological polar surface area (TPSA) is 27.1 Å². The fourth-order valence-electron chi connectivity index (χ4n) is 2.13. The molecule has 106 valence electrons. The molecule has 0 aliphatic heterocycles. The highest BCUT2D eigenvalue weighted by molar-refractivity contribution is 6.18. The van der Waals surface area contributed by atoms with Crippen molar-refractivity contribution in [3.8, 4) is 22.7 Å². The van der Waals surface area contributed by atoms with E-state index in [0.29, 0.717) is 18.4 Å². The van der Waals surface area contributed by atoms with E-state index in [1.807, 2.05) is 71.5 Å². The van der Waals surface area contributed by atoms with Crippen molar-refractivity contribution in [1.82, 2.24) is 9.78 Å². The van der Waals surface area contributed by atoms with Crippen LogP contribution < -0.4 is 4.74 Å². The fraction of sp³-hybridized carbons (Fsp3) is 0.118. The van der Waals surface area contributed by atoms with Gasteiger partial charge < -0.3 is 4.74 Å². The summed E-state index contributed by atoms with van der Waals surface area (Å²) in [4.78, 5) is 0. The first-order chi connectivity index (χ1) is 10.4. The summed E-state index contributed by atoms with van der Waals surface area (Å²) in [6, 6.07) is 20.0. The third-order valence-corrected chi connectivity index (χ3v) is 3.26. The Morgan fingerprint density at radius 1 is 0.952 bits per heavy atom. The maximum absolute atomic E-state index is 5.71. The normalized spacial score (nSPS) is 10.5. The van der Waals surface area contributed by atoms with Crippen molar-refractivity contribution in [1.29, 1.82) is 0 Å². The van der Waals surface area contributed by atoms with E-state index in [4.69, 9.17) is 16.3 Å². The van der Waals surface area contributed by atoms with Gasteiger partial charge in [-0.05, 0) is 17.7 Å². The maximum Gasteiger partial charge on any atom is 0.241 e. The minimum absolute atomic E-state index is 0.437. The molecule has 0 aliphatic rings. The van der Waals surface area contributed by atoms with Crippen LogP contribution >= 0.6 is 11.6 Å². The van der Waals surface area contributed by atoms with Crippen LogP contribution in [-0.4, -0.2) is 22.3 Å². The van der Waals surface area contributed by atoms with Gasteiger partial charge in [-0.15, -0.1) is 16.7 Å². The molecule has 1 aromatic heterocycles. The lowest BCUT2D eigenvalue weighted by Gasteiger charge is -2.03. The number of aromatic nitrogens is 2. The molecule has 3 nitrogen and oxygen atoms in total. The van der Waals surface area contributed by atoms with Crippen molar-refractivity contribution in [3.63, 3.8) is 0 Å². The summed E-state index contributed by atoms with van der Waals surface area (Å²) in [5, 5.41) is 4.53. The van der Waals surface area contributed by atoms with E-state index in [1.165, 1.54) is 0 Å². The highest BCUT2D eigenvalue weighted by atomic mass is 35.5. The minimum Gasteiger partial charge on any atom is -0.475 e. The average Bonchev–Trinajstić information content (AvgIpc) is 2.99. The summed E-state index contributed by atoms with van der Waals surface area (Å²) < 4.78 is 7.50. The molecule has 0 unspecified atom stereocenters. The highest BCUT2D eigenvalue weighted by Gasteiger charge is 2.13. The zero-order valence-corrected chi connectivity index (χ0v) is 12.2. The van der Waals surface area contributed by atoms with Gasteiger partial charge >= 0.3 is 0 Å².